The van der Waals surface area contributed by atoms with Crippen molar-refractivity contribution in [1.29, 1.82) is 0 Å². The van der Waals surface area contributed by atoms with Gasteiger partial charge < -0.3 is 4.74 Å². The maximum absolute atomic E-state index is 12.0. The van der Waals surface area contributed by atoms with E-state index in [-0.39, 0.29) is 5.97 Å². The van der Waals surface area contributed by atoms with Crippen LogP contribution in [-0.2, 0) is 21.1 Å². The molecule has 4 heteroatoms. The maximum Gasteiger partial charge on any atom is 0.338 e. The molecule has 0 aliphatic rings. The van der Waals surface area contributed by atoms with Crippen LogP contribution in [-0.4, -0.2) is 20.2 Å². The smallest absolute Gasteiger partial charge is 0.338 e. The van der Waals surface area contributed by atoms with Crippen molar-refractivity contribution in [2.75, 3.05) is 14.2 Å². The minimum Gasteiger partial charge on any atom is -0.465 e. The molecule has 0 saturated carbocycles. The fraction of sp³-hybridized carbons (Fsp3) is 0.235. The molecule has 4 nitrogen and oxygen atoms in total. The van der Waals surface area contributed by atoms with Gasteiger partial charge in [-0.05, 0) is 41.3 Å². The fourth-order valence-corrected chi connectivity index (χ4v) is 2.19. The van der Waals surface area contributed by atoms with E-state index in [1.54, 1.807) is 6.07 Å². The minimum absolute atomic E-state index is 0.316. The summed E-state index contributed by atoms with van der Waals surface area (Å²) < 4.78 is 4.86. The van der Waals surface area contributed by atoms with Crippen LogP contribution in [0.25, 0.3) is 11.1 Å². The van der Waals surface area contributed by atoms with Crippen molar-refractivity contribution >= 4 is 5.97 Å². The lowest BCUT2D eigenvalue weighted by atomic mass is 9.94. The molecule has 2 rings (SSSR count). The minimum atomic E-state index is -0.354. The highest BCUT2D eigenvalue weighted by molar-refractivity contribution is 5.97. The summed E-state index contributed by atoms with van der Waals surface area (Å²) in [6.45, 7) is 2.32. The molecule has 21 heavy (non-hydrogen) atoms. The number of rotatable bonds is 5. The molecule has 0 spiro atoms. The zero-order valence-corrected chi connectivity index (χ0v) is 12.4. The molecule has 0 unspecified atom stereocenters. The lowest BCUT2D eigenvalue weighted by Crippen LogP contribution is -2.05. The first kappa shape index (κ1) is 15.2. The van der Waals surface area contributed by atoms with Gasteiger partial charge >= 0.3 is 5.97 Å². The van der Waals surface area contributed by atoms with Crippen LogP contribution in [0.4, 0.5) is 0 Å². The first-order chi connectivity index (χ1) is 10.2. The first-order valence-electron chi connectivity index (χ1n) is 6.60. The Morgan fingerprint density at radius 2 is 1.81 bits per heavy atom. The average molecular weight is 286 g/mol. The van der Waals surface area contributed by atoms with E-state index in [9.17, 15) is 4.79 Å². The van der Waals surface area contributed by atoms with Crippen LogP contribution in [0, 0.1) is 6.92 Å². The number of methoxy groups -OCH3 is 1. The molecule has 0 aromatic heterocycles. The Morgan fingerprint density at radius 1 is 1.05 bits per heavy atom. The lowest BCUT2D eigenvalue weighted by Gasteiger charge is -2.12. The number of hydrogen-bond donors (Lipinski definition) is 0. The van der Waals surface area contributed by atoms with Crippen molar-refractivity contribution in [1.82, 2.24) is 0 Å². The van der Waals surface area contributed by atoms with E-state index in [0.29, 0.717) is 12.2 Å². The highest BCUT2D eigenvalue weighted by atomic mass is 17.2. The molecule has 0 atom stereocenters. The van der Waals surface area contributed by atoms with Gasteiger partial charge in [-0.15, -0.1) is 0 Å². The standard InChI is InChI=1S/C17H18O4/c1-12-6-4-5-7-14(12)16-10-13(11-21-20-3)8-9-15(16)17(18)19-2/h4-10H,11H2,1-3H3. The Bertz CT molecular complexity index is 634. The van der Waals surface area contributed by atoms with Gasteiger partial charge in [-0.1, -0.05) is 30.3 Å². The third-order valence-electron chi connectivity index (χ3n) is 3.27. The van der Waals surface area contributed by atoms with Gasteiger partial charge in [0.1, 0.15) is 6.61 Å². The maximum atomic E-state index is 12.0. The molecular weight excluding hydrogens is 268 g/mol. The Hall–Kier alpha value is -2.17. The predicted octanol–water partition coefficient (Wildman–Crippen LogP) is 3.53. The van der Waals surface area contributed by atoms with Crippen LogP contribution in [0.2, 0.25) is 0 Å². The van der Waals surface area contributed by atoms with Crippen molar-refractivity contribution in [3.05, 3.63) is 59.2 Å². The van der Waals surface area contributed by atoms with Gasteiger partial charge in [-0.3, -0.25) is 0 Å². The lowest BCUT2D eigenvalue weighted by molar-refractivity contribution is -0.282. The number of esters is 1. The van der Waals surface area contributed by atoms with E-state index in [1.165, 1.54) is 14.2 Å². The molecule has 0 heterocycles. The number of ether oxygens (including phenoxy) is 1. The molecule has 0 aliphatic carbocycles. The molecular formula is C17H18O4. The Morgan fingerprint density at radius 3 is 2.48 bits per heavy atom. The van der Waals surface area contributed by atoms with Crippen LogP contribution in [0.1, 0.15) is 21.5 Å². The van der Waals surface area contributed by atoms with Gasteiger partial charge in [-0.25, -0.2) is 14.6 Å². The second-order valence-corrected chi connectivity index (χ2v) is 4.62. The van der Waals surface area contributed by atoms with Crippen LogP contribution in [0.5, 0.6) is 0 Å². The summed E-state index contributed by atoms with van der Waals surface area (Å²) in [5.41, 5.74) is 4.37. The quantitative estimate of drug-likeness (QED) is 0.479. The highest BCUT2D eigenvalue weighted by Crippen LogP contribution is 2.28. The van der Waals surface area contributed by atoms with Gasteiger partial charge in [-0.2, -0.15) is 0 Å². The molecule has 0 bridgehead atoms. The fourth-order valence-electron chi connectivity index (χ4n) is 2.19. The van der Waals surface area contributed by atoms with Crippen LogP contribution in [0.15, 0.2) is 42.5 Å². The second-order valence-electron chi connectivity index (χ2n) is 4.62. The number of carbonyl (C=O) groups is 1. The van der Waals surface area contributed by atoms with Crippen LogP contribution < -0.4 is 0 Å². The summed E-state index contributed by atoms with van der Waals surface area (Å²) in [5.74, 6) is -0.354. The van der Waals surface area contributed by atoms with Gasteiger partial charge in [0.05, 0.1) is 19.8 Å². The normalized spacial score (nSPS) is 10.4. The zero-order valence-electron chi connectivity index (χ0n) is 12.4. The molecule has 110 valence electrons. The topological polar surface area (TPSA) is 44.8 Å². The second kappa shape index (κ2) is 7.02. The Labute approximate surface area is 124 Å². The summed E-state index contributed by atoms with van der Waals surface area (Å²) in [4.78, 5) is 21.5. The summed E-state index contributed by atoms with van der Waals surface area (Å²) in [7, 11) is 2.84. The molecule has 0 saturated heterocycles. The largest absolute Gasteiger partial charge is 0.465 e. The molecule has 0 N–H and O–H groups in total. The Balaban J connectivity index is 2.53. The molecule has 0 radical (unpaired) electrons. The van der Waals surface area contributed by atoms with E-state index < -0.39 is 0 Å². The van der Waals surface area contributed by atoms with Gasteiger partial charge in [0.2, 0.25) is 0 Å². The van der Waals surface area contributed by atoms with Gasteiger partial charge in [0, 0.05) is 0 Å². The highest BCUT2D eigenvalue weighted by Gasteiger charge is 2.15. The third kappa shape index (κ3) is 3.48. The summed E-state index contributed by atoms with van der Waals surface area (Å²) in [5, 5.41) is 0. The van der Waals surface area contributed by atoms with E-state index in [0.717, 1.165) is 22.3 Å². The average Bonchev–Trinajstić information content (AvgIpc) is 2.52. The summed E-state index contributed by atoms with van der Waals surface area (Å²) >= 11 is 0. The summed E-state index contributed by atoms with van der Waals surface area (Å²) in [6.07, 6.45) is 0. The van der Waals surface area contributed by atoms with Crippen molar-refractivity contribution < 1.29 is 19.3 Å². The number of benzene rings is 2. The van der Waals surface area contributed by atoms with Crippen LogP contribution >= 0.6 is 0 Å². The predicted molar refractivity (Wildman–Crippen MR) is 79.8 cm³/mol. The van der Waals surface area contributed by atoms with Crippen LogP contribution in [0.3, 0.4) is 0 Å². The molecule has 0 aliphatic heterocycles. The van der Waals surface area contributed by atoms with Crippen molar-refractivity contribution in [2.45, 2.75) is 13.5 Å². The monoisotopic (exact) mass is 286 g/mol. The van der Waals surface area contributed by atoms with E-state index in [4.69, 9.17) is 9.62 Å². The summed E-state index contributed by atoms with van der Waals surface area (Å²) in [6, 6.07) is 13.4. The third-order valence-corrected chi connectivity index (χ3v) is 3.27. The Kier molecular flexibility index (Phi) is 5.09. The van der Waals surface area contributed by atoms with E-state index in [2.05, 4.69) is 4.89 Å². The molecule has 2 aromatic carbocycles. The van der Waals surface area contributed by atoms with Crippen molar-refractivity contribution in [3.63, 3.8) is 0 Å². The zero-order chi connectivity index (χ0) is 15.2. The molecule has 2 aromatic rings. The number of aryl methyl sites for hydroxylation is 1. The van der Waals surface area contributed by atoms with Gasteiger partial charge in [0.25, 0.3) is 0 Å². The molecule has 0 fully saturated rings. The number of hydrogen-bond acceptors (Lipinski definition) is 4. The van der Waals surface area contributed by atoms with Crippen molar-refractivity contribution in [3.8, 4) is 11.1 Å². The first-order valence-corrected chi connectivity index (χ1v) is 6.60. The SMILES string of the molecule is COOCc1ccc(C(=O)OC)c(-c2ccccc2C)c1. The van der Waals surface area contributed by atoms with E-state index in [1.807, 2.05) is 43.3 Å². The van der Waals surface area contributed by atoms with Crippen molar-refractivity contribution in [2.24, 2.45) is 0 Å². The van der Waals surface area contributed by atoms with Gasteiger partial charge in [0.15, 0.2) is 0 Å². The number of carbonyl (C=O) groups excluding carboxylic acids is 1. The van der Waals surface area contributed by atoms with E-state index >= 15 is 0 Å². The molecule has 0 amide bonds.